The van der Waals surface area contributed by atoms with Gasteiger partial charge in [0, 0.05) is 49.7 Å². The van der Waals surface area contributed by atoms with Crippen molar-refractivity contribution in [1.29, 1.82) is 0 Å². The molecule has 152 valence electrons. The fraction of sp³-hybridized carbons (Fsp3) is 0.409. The summed E-state index contributed by atoms with van der Waals surface area (Å²) in [5.74, 6) is -0.310. The summed E-state index contributed by atoms with van der Waals surface area (Å²) >= 11 is 0. The van der Waals surface area contributed by atoms with Gasteiger partial charge in [-0.05, 0) is 56.4 Å². The average molecular weight is 394 g/mol. The summed E-state index contributed by atoms with van der Waals surface area (Å²) in [7, 11) is 0. The molecule has 1 fully saturated rings. The number of nitrogens with zero attached hydrogens (tertiary/aromatic N) is 3. The van der Waals surface area contributed by atoms with Gasteiger partial charge in [-0.3, -0.25) is 14.9 Å². The van der Waals surface area contributed by atoms with Crippen molar-refractivity contribution >= 4 is 28.7 Å². The van der Waals surface area contributed by atoms with E-state index in [4.69, 9.17) is 0 Å². The Kier molecular flexibility index (Phi) is 5.38. The van der Waals surface area contributed by atoms with Gasteiger partial charge in [-0.2, -0.15) is 0 Å². The Morgan fingerprint density at radius 1 is 1.07 bits per heavy atom. The molecule has 7 heteroatoms. The van der Waals surface area contributed by atoms with Crippen LogP contribution in [0.4, 0.5) is 22.7 Å². The van der Waals surface area contributed by atoms with Crippen LogP contribution in [0.2, 0.25) is 0 Å². The number of nitro benzene ring substituents is 1. The third-order valence-electron chi connectivity index (χ3n) is 5.85. The molecule has 0 radical (unpaired) electrons. The van der Waals surface area contributed by atoms with Gasteiger partial charge in [-0.1, -0.05) is 6.07 Å². The molecule has 4 rings (SSSR count). The van der Waals surface area contributed by atoms with Gasteiger partial charge in [0.2, 0.25) is 0 Å². The molecule has 1 N–H and O–H groups in total. The molecule has 0 spiro atoms. The molecule has 0 atom stereocenters. The smallest absolute Gasteiger partial charge is 0.270 e. The lowest BCUT2D eigenvalue weighted by atomic mass is 10.1. The highest BCUT2D eigenvalue weighted by Gasteiger charge is 2.23. The summed E-state index contributed by atoms with van der Waals surface area (Å²) in [6, 6.07) is 10.6. The molecule has 2 aliphatic rings. The van der Waals surface area contributed by atoms with Crippen LogP contribution >= 0.6 is 0 Å². The minimum atomic E-state index is -0.453. The summed E-state index contributed by atoms with van der Waals surface area (Å²) in [4.78, 5) is 28.4. The fourth-order valence-corrected chi connectivity index (χ4v) is 4.28. The van der Waals surface area contributed by atoms with Crippen molar-refractivity contribution in [3.63, 3.8) is 0 Å². The van der Waals surface area contributed by atoms with Crippen LogP contribution in [0.5, 0.6) is 0 Å². The van der Waals surface area contributed by atoms with Crippen molar-refractivity contribution < 1.29 is 9.72 Å². The lowest BCUT2D eigenvalue weighted by Crippen LogP contribution is -2.31. The zero-order valence-corrected chi connectivity index (χ0v) is 16.7. The van der Waals surface area contributed by atoms with Crippen LogP contribution in [0.3, 0.4) is 0 Å². The molecule has 0 saturated carbocycles. The second-order valence-electron chi connectivity index (χ2n) is 7.63. The van der Waals surface area contributed by atoms with Gasteiger partial charge in [-0.15, -0.1) is 0 Å². The van der Waals surface area contributed by atoms with E-state index in [0.717, 1.165) is 56.8 Å². The number of carbonyl (C=O) groups excluding carboxylic acids is 1. The number of benzene rings is 2. The zero-order chi connectivity index (χ0) is 20.4. The molecule has 7 nitrogen and oxygen atoms in total. The van der Waals surface area contributed by atoms with E-state index in [0.29, 0.717) is 11.3 Å². The van der Waals surface area contributed by atoms with E-state index in [1.165, 1.54) is 24.1 Å². The van der Waals surface area contributed by atoms with Gasteiger partial charge in [0.25, 0.3) is 11.6 Å². The van der Waals surface area contributed by atoms with Crippen LogP contribution in [0.15, 0.2) is 36.4 Å². The number of anilines is 3. The molecule has 2 aromatic carbocycles. The van der Waals surface area contributed by atoms with Gasteiger partial charge in [0.15, 0.2) is 0 Å². The number of hydrogen-bond donors (Lipinski definition) is 1. The first kappa shape index (κ1) is 19.2. The molecule has 0 aliphatic carbocycles. The molecule has 1 amide bonds. The van der Waals surface area contributed by atoms with E-state index in [1.807, 2.05) is 12.1 Å². The monoisotopic (exact) mass is 394 g/mol. The quantitative estimate of drug-likeness (QED) is 0.607. The van der Waals surface area contributed by atoms with E-state index >= 15 is 0 Å². The van der Waals surface area contributed by atoms with E-state index in [1.54, 1.807) is 6.07 Å². The van der Waals surface area contributed by atoms with Crippen molar-refractivity contribution in [3.05, 3.63) is 57.6 Å². The first-order valence-corrected chi connectivity index (χ1v) is 10.3. The van der Waals surface area contributed by atoms with E-state index in [-0.39, 0.29) is 11.6 Å². The maximum Gasteiger partial charge on any atom is 0.270 e. The minimum Gasteiger partial charge on any atom is -0.371 e. The second kappa shape index (κ2) is 8.11. The van der Waals surface area contributed by atoms with Crippen molar-refractivity contribution in [2.24, 2.45) is 0 Å². The number of likely N-dealkylation sites (N-methyl/N-ethyl adjacent to an activating group) is 1. The number of nitrogens with one attached hydrogen (secondary N) is 1. The van der Waals surface area contributed by atoms with Crippen LogP contribution < -0.4 is 15.1 Å². The topological polar surface area (TPSA) is 78.7 Å². The third kappa shape index (κ3) is 3.90. The zero-order valence-electron chi connectivity index (χ0n) is 16.7. The Balaban J connectivity index is 1.63. The highest BCUT2D eigenvalue weighted by Crippen LogP contribution is 2.32. The lowest BCUT2D eigenvalue weighted by molar-refractivity contribution is -0.384. The number of fused-ring (bicyclic) bond motifs is 1. The Morgan fingerprint density at radius 2 is 1.86 bits per heavy atom. The molecule has 2 aliphatic heterocycles. The highest BCUT2D eigenvalue weighted by molar-refractivity contribution is 6.08. The molecule has 0 aromatic heterocycles. The van der Waals surface area contributed by atoms with Gasteiger partial charge in [0.05, 0.1) is 16.2 Å². The van der Waals surface area contributed by atoms with Gasteiger partial charge < -0.3 is 15.1 Å². The predicted molar refractivity (Wildman–Crippen MR) is 115 cm³/mol. The summed E-state index contributed by atoms with van der Waals surface area (Å²) in [6.07, 6.45) is 4.32. The molecule has 0 bridgehead atoms. The Hall–Kier alpha value is -3.09. The van der Waals surface area contributed by atoms with Gasteiger partial charge in [0.1, 0.15) is 0 Å². The van der Waals surface area contributed by atoms with Crippen LogP contribution in [-0.2, 0) is 6.42 Å². The van der Waals surface area contributed by atoms with Gasteiger partial charge in [-0.25, -0.2) is 0 Å². The molecular weight excluding hydrogens is 368 g/mol. The molecular formula is C22H26N4O3. The number of amides is 1. The molecule has 0 unspecified atom stereocenters. The van der Waals surface area contributed by atoms with Crippen molar-refractivity contribution in [3.8, 4) is 0 Å². The largest absolute Gasteiger partial charge is 0.371 e. The third-order valence-corrected chi connectivity index (χ3v) is 5.85. The van der Waals surface area contributed by atoms with Crippen LogP contribution in [-0.4, -0.2) is 37.0 Å². The summed E-state index contributed by atoms with van der Waals surface area (Å²) in [5, 5.41) is 14.2. The number of hydrogen-bond acceptors (Lipinski definition) is 5. The second-order valence-corrected chi connectivity index (χ2v) is 7.63. The standard InChI is InChI=1S/C22H26N4O3/c1-2-24-13-10-16-6-7-17(14-21(16)24)23-22(27)19-15-18(26(28)29)8-9-20(19)25-11-4-3-5-12-25/h6-9,14-15H,2-5,10-13H2,1H3,(H,23,27). The number of rotatable bonds is 5. The number of piperidine rings is 1. The highest BCUT2D eigenvalue weighted by atomic mass is 16.6. The summed E-state index contributed by atoms with van der Waals surface area (Å²) in [6.45, 7) is 5.76. The SMILES string of the molecule is CCN1CCc2ccc(NC(=O)c3cc([N+](=O)[O-])ccc3N3CCCCC3)cc21. The Labute approximate surface area is 170 Å². The van der Waals surface area contributed by atoms with Crippen molar-refractivity contribution in [2.75, 3.05) is 41.3 Å². The number of non-ortho nitro benzene ring substituents is 1. The summed E-state index contributed by atoms with van der Waals surface area (Å²) < 4.78 is 0. The van der Waals surface area contributed by atoms with Crippen molar-refractivity contribution in [1.82, 2.24) is 0 Å². The normalized spacial score (nSPS) is 15.9. The maximum atomic E-state index is 13.1. The predicted octanol–water partition coefficient (Wildman–Crippen LogP) is 4.22. The first-order chi connectivity index (χ1) is 14.1. The summed E-state index contributed by atoms with van der Waals surface area (Å²) in [5.41, 5.74) is 4.21. The van der Waals surface area contributed by atoms with Crippen molar-refractivity contribution in [2.45, 2.75) is 32.6 Å². The minimum absolute atomic E-state index is 0.0676. The first-order valence-electron chi connectivity index (χ1n) is 10.3. The average Bonchev–Trinajstić information content (AvgIpc) is 3.16. The van der Waals surface area contributed by atoms with Crippen LogP contribution in [0, 0.1) is 10.1 Å². The number of carbonyl (C=O) groups is 1. The molecule has 29 heavy (non-hydrogen) atoms. The fourth-order valence-electron chi connectivity index (χ4n) is 4.28. The lowest BCUT2D eigenvalue weighted by Gasteiger charge is -2.30. The molecule has 2 aromatic rings. The molecule has 1 saturated heterocycles. The maximum absolute atomic E-state index is 13.1. The molecule has 2 heterocycles. The van der Waals surface area contributed by atoms with E-state index in [9.17, 15) is 14.9 Å². The van der Waals surface area contributed by atoms with E-state index in [2.05, 4.69) is 28.1 Å². The van der Waals surface area contributed by atoms with Gasteiger partial charge >= 0.3 is 0 Å². The Morgan fingerprint density at radius 3 is 2.59 bits per heavy atom. The van der Waals surface area contributed by atoms with Crippen LogP contribution in [0.25, 0.3) is 0 Å². The van der Waals surface area contributed by atoms with E-state index < -0.39 is 4.92 Å². The van der Waals surface area contributed by atoms with Crippen LogP contribution in [0.1, 0.15) is 42.1 Å². The Bertz CT molecular complexity index is 938. The number of nitro groups is 1.